The van der Waals surface area contributed by atoms with Gasteiger partial charge in [-0.3, -0.25) is 14.2 Å². The van der Waals surface area contributed by atoms with Crippen LogP contribution < -0.4 is 10.9 Å². The molecule has 130 valence electrons. The van der Waals surface area contributed by atoms with Crippen molar-refractivity contribution in [2.75, 3.05) is 6.54 Å². The van der Waals surface area contributed by atoms with Gasteiger partial charge in [0.1, 0.15) is 0 Å². The predicted molar refractivity (Wildman–Crippen MR) is 99.6 cm³/mol. The first kappa shape index (κ1) is 18.5. The number of hydrogen-bond acceptors (Lipinski definition) is 4. The standard InChI is InChI=1S/C18H25N3O2S/c1-11(2)10-19-16(22)13(5)24-18-20-15-9-7-6-8-14(15)17(23)21(18)12(3)4/h6-9,11-13H,10H2,1-5H3,(H,19,22)/t13-/m0/s1. The van der Waals surface area contributed by atoms with Crippen LogP contribution in [0.15, 0.2) is 34.2 Å². The minimum atomic E-state index is -0.318. The normalized spacial score (nSPS) is 12.8. The Balaban J connectivity index is 2.35. The fraction of sp³-hybridized carbons (Fsp3) is 0.500. The lowest BCUT2D eigenvalue weighted by Crippen LogP contribution is -2.34. The monoisotopic (exact) mass is 347 g/mol. The minimum absolute atomic E-state index is 0.0250. The fourth-order valence-electron chi connectivity index (χ4n) is 2.32. The molecule has 0 aliphatic heterocycles. The van der Waals surface area contributed by atoms with E-state index in [0.717, 1.165) is 0 Å². The highest BCUT2D eigenvalue weighted by molar-refractivity contribution is 8.00. The van der Waals surface area contributed by atoms with Gasteiger partial charge in [0.15, 0.2) is 5.16 Å². The molecule has 0 bridgehead atoms. The first-order chi connectivity index (χ1) is 11.3. The second kappa shape index (κ2) is 7.83. The zero-order valence-electron chi connectivity index (χ0n) is 14.9. The number of amides is 1. The van der Waals surface area contributed by atoms with E-state index in [9.17, 15) is 9.59 Å². The van der Waals surface area contributed by atoms with Gasteiger partial charge in [0.05, 0.1) is 16.2 Å². The number of para-hydroxylation sites is 1. The van der Waals surface area contributed by atoms with Crippen LogP contribution in [0.1, 0.15) is 40.7 Å². The van der Waals surface area contributed by atoms with Gasteiger partial charge in [0, 0.05) is 12.6 Å². The lowest BCUT2D eigenvalue weighted by atomic mass is 10.2. The molecule has 0 aliphatic carbocycles. The number of carbonyl (C=O) groups is 1. The summed E-state index contributed by atoms with van der Waals surface area (Å²) in [6, 6.07) is 7.29. The fourth-order valence-corrected chi connectivity index (χ4v) is 3.39. The highest BCUT2D eigenvalue weighted by atomic mass is 32.2. The smallest absolute Gasteiger partial charge is 0.262 e. The van der Waals surface area contributed by atoms with Gasteiger partial charge in [0.2, 0.25) is 5.91 Å². The average Bonchev–Trinajstić information content (AvgIpc) is 2.52. The first-order valence-electron chi connectivity index (χ1n) is 8.27. The molecule has 1 aromatic heterocycles. The van der Waals surface area contributed by atoms with E-state index in [1.54, 1.807) is 10.6 Å². The molecule has 1 aromatic carbocycles. The van der Waals surface area contributed by atoms with Gasteiger partial charge in [-0.15, -0.1) is 0 Å². The summed E-state index contributed by atoms with van der Waals surface area (Å²) < 4.78 is 1.67. The van der Waals surface area contributed by atoms with Crippen LogP contribution in [-0.4, -0.2) is 27.3 Å². The van der Waals surface area contributed by atoms with Gasteiger partial charge in [-0.1, -0.05) is 37.7 Å². The van der Waals surface area contributed by atoms with Crippen molar-refractivity contribution in [2.45, 2.75) is 51.1 Å². The summed E-state index contributed by atoms with van der Waals surface area (Å²) in [5.41, 5.74) is 0.601. The van der Waals surface area contributed by atoms with Crippen LogP contribution in [0.2, 0.25) is 0 Å². The molecule has 1 heterocycles. The van der Waals surface area contributed by atoms with Gasteiger partial charge in [-0.2, -0.15) is 0 Å². The van der Waals surface area contributed by atoms with Crippen molar-refractivity contribution in [2.24, 2.45) is 5.92 Å². The molecule has 1 amide bonds. The van der Waals surface area contributed by atoms with E-state index >= 15 is 0 Å². The number of thioether (sulfide) groups is 1. The summed E-state index contributed by atoms with van der Waals surface area (Å²) in [6.07, 6.45) is 0. The van der Waals surface area contributed by atoms with E-state index in [0.29, 0.717) is 28.5 Å². The van der Waals surface area contributed by atoms with E-state index < -0.39 is 0 Å². The van der Waals surface area contributed by atoms with E-state index in [1.807, 2.05) is 39.0 Å². The third-order valence-corrected chi connectivity index (χ3v) is 4.69. The zero-order valence-corrected chi connectivity index (χ0v) is 15.7. The molecular weight excluding hydrogens is 322 g/mol. The summed E-state index contributed by atoms with van der Waals surface area (Å²) in [7, 11) is 0. The molecule has 2 aromatic rings. The lowest BCUT2D eigenvalue weighted by Gasteiger charge is -2.18. The maximum atomic E-state index is 12.8. The maximum absolute atomic E-state index is 12.8. The Labute approximate surface area is 146 Å². The number of nitrogens with zero attached hydrogens (tertiary/aromatic N) is 2. The highest BCUT2D eigenvalue weighted by Gasteiger charge is 2.20. The second-order valence-electron chi connectivity index (χ2n) is 6.58. The molecule has 0 saturated heterocycles. The van der Waals surface area contributed by atoms with Crippen molar-refractivity contribution >= 4 is 28.6 Å². The first-order valence-corrected chi connectivity index (χ1v) is 9.14. The van der Waals surface area contributed by atoms with Crippen molar-refractivity contribution in [3.05, 3.63) is 34.6 Å². The molecule has 0 spiro atoms. The molecule has 6 heteroatoms. The van der Waals surface area contributed by atoms with Crippen LogP contribution in [0.25, 0.3) is 10.9 Å². The average molecular weight is 347 g/mol. The molecule has 0 unspecified atom stereocenters. The molecule has 0 radical (unpaired) electrons. The Morgan fingerprint density at radius 2 is 1.88 bits per heavy atom. The van der Waals surface area contributed by atoms with E-state index in [4.69, 9.17) is 0 Å². The molecule has 1 N–H and O–H groups in total. The Morgan fingerprint density at radius 1 is 1.21 bits per heavy atom. The van der Waals surface area contributed by atoms with Gasteiger partial charge >= 0.3 is 0 Å². The second-order valence-corrected chi connectivity index (χ2v) is 7.89. The highest BCUT2D eigenvalue weighted by Crippen LogP contribution is 2.24. The summed E-state index contributed by atoms with van der Waals surface area (Å²) >= 11 is 1.33. The molecule has 1 atom stereocenters. The summed E-state index contributed by atoms with van der Waals surface area (Å²) in [5, 5.41) is 3.80. The Hall–Kier alpha value is -1.82. The van der Waals surface area contributed by atoms with E-state index in [2.05, 4.69) is 24.1 Å². The zero-order chi connectivity index (χ0) is 17.9. The van der Waals surface area contributed by atoms with Crippen LogP contribution in [0.5, 0.6) is 0 Å². The summed E-state index contributed by atoms with van der Waals surface area (Å²) in [6.45, 7) is 10.5. The number of benzene rings is 1. The van der Waals surface area contributed by atoms with Crippen LogP contribution >= 0.6 is 11.8 Å². The molecule has 0 fully saturated rings. The topological polar surface area (TPSA) is 64.0 Å². The van der Waals surface area contributed by atoms with Gasteiger partial charge in [0.25, 0.3) is 5.56 Å². The van der Waals surface area contributed by atoms with Gasteiger partial charge in [-0.25, -0.2) is 4.98 Å². The minimum Gasteiger partial charge on any atom is -0.355 e. The van der Waals surface area contributed by atoms with Crippen molar-refractivity contribution in [3.8, 4) is 0 Å². The Bertz CT molecular complexity index is 783. The summed E-state index contributed by atoms with van der Waals surface area (Å²) in [4.78, 5) is 29.6. The number of rotatable bonds is 6. The molecule has 0 aliphatic rings. The van der Waals surface area contributed by atoms with Crippen molar-refractivity contribution < 1.29 is 4.79 Å². The quantitative estimate of drug-likeness (QED) is 0.644. The number of fused-ring (bicyclic) bond motifs is 1. The summed E-state index contributed by atoms with van der Waals surface area (Å²) in [5.74, 6) is 0.366. The predicted octanol–water partition coefficient (Wildman–Crippen LogP) is 3.23. The number of nitrogens with one attached hydrogen (secondary N) is 1. The van der Waals surface area contributed by atoms with Crippen molar-refractivity contribution in [3.63, 3.8) is 0 Å². The third-order valence-electron chi connectivity index (χ3n) is 3.63. The number of hydrogen-bond donors (Lipinski definition) is 1. The number of carbonyl (C=O) groups excluding carboxylic acids is 1. The van der Waals surface area contributed by atoms with Gasteiger partial charge < -0.3 is 5.32 Å². The number of aromatic nitrogens is 2. The molecule has 0 saturated carbocycles. The van der Waals surface area contributed by atoms with Crippen LogP contribution in [0.3, 0.4) is 0 Å². The van der Waals surface area contributed by atoms with Crippen molar-refractivity contribution in [1.29, 1.82) is 0 Å². The maximum Gasteiger partial charge on any atom is 0.262 e. The van der Waals surface area contributed by atoms with Crippen molar-refractivity contribution in [1.82, 2.24) is 14.9 Å². The largest absolute Gasteiger partial charge is 0.355 e. The van der Waals surface area contributed by atoms with Crippen LogP contribution in [0, 0.1) is 5.92 Å². The molecule has 2 rings (SSSR count). The molecule has 24 heavy (non-hydrogen) atoms. The molecular formula is C18H25N3O2S. The van der Waals surface area contributed by atoms with Crippen LogP contribution in [0.4, 0.5) is 0 Å². The molecule has 5 nitrogen and oxygen atoms in total. The Kier molecular flexibility index (Phi) is 6.04. The third kappa shape index (κ3) is 4.17. The SMILES string of the molecule is CC(C)CNC(=O)[C@H](C)Sc1nc2ccccc2c(=O)n1C(C)C. The van der Waals surface area contributed by atoms with Gasteiger partial charge in [-0.05, 0) is 38.8 Å². The van der Waals surface area contributed by atoms with E-state index in [-0.39, 0.29) is 22.8 Å². The lowest BCUT2D eigenvalue weighted by molar-refractivity contribution is -0.120. The van der Waals surface area contributed by atoms with E-state index in [1.165, 1.54) is 11.8 Å². The van der Waals surface area contributed by atoms with Crippen LogP contribution in [-0.2, 0) is 4.79 Å². The Morgan fingerprint density at radius 3 is 2.50 bits per heavy atom.